The first-order chi connectivity index (χ1) is 9.90. The van der Waals surface area contributed by atoms with E-state index in [9.17, 15) is 19.5 Å². The van der Waals surface area contributed by atoms with E-state index in [0.29, 0.717) is 18.7 Å². The molecule has 6 nitrogen and oxygen atoms in total. The van der Waals surface area contributed by atoms with Crippen LogP contribution in [0.5, 0.6) is 5.75 Å². The van der Waals surface area contributed by atoms with Gasteiger partial charge in [-0.2, -0.15) is 0 Å². The standard InChI is InChI=1S/C15H17NO5/c1-9(17)16-8-7-13(14(16)15(19)20)11-3-5-12(6-4-11)21-10(2)18/h3-6,13-14H,7-8H2,1-2H3,(H,19,20). The predicted octanol–water partition coefficient (Wildman–Crippen LogP) is 1.40. The Balaban J connectivity index is 2.22. The molecule has 21 heavy (non-hydrogen) atoms. The first kappa shape index (κ1) is 15.0. The third-order valence-corrected chi connectivity index (χ3v) is 3.63. The fourth-order valence-corrected chi connectivity index (χ4v) is 2.75. The molecule has 6 heteroatoms. The van der Waals surface area contributed by atoms with Crippen LogP contribution in [0.15, 0.2) is 24.3 Å². The minimum absolute atomic E-state index is 0.235. The smallest absolute Gasteiger partial charge is 0.327 e. The normalized spacial score (nSPS) is 21.1. The van der Waals surface area contributed by atoms with Gasteiger partial charge in [-0.25, -0.2) is 4.79 Å². The molecule has 0 saturated carbocycles. The topological polar surface area (TPSA) is 83.9 Å². The van der Waals surface area contributed by atoms with Crippen LogP contribution in [-0.2, 0) is 14.4 Å². The summed E-state index contributed by atoms with van der Waals surface area (Å²) < 4.78 is 4.95. The lowest BCUT2D eigenvalue weighted by atomic mass is 9.91. The van der Waals surface area contributed by atoms with Crippen molar-refractivity contribution >= 4 is 17.8 Å². The van der Waals surface area contributed by atoms with Gasteiger partial charge in [-0.05, 0) is 24.1 Å². The fraction of sp³-hybridized carbons (Fsp3) is 0.400. The molecular weight excluding hydrogens is 274 g/mol. The minimum atomic E-state index is -1.00. The molecule has 1 aliphatic heterocycles. The zero-order valence-electron chi connectivity index (χ0n) is 11.9. The number of nitrogens with zero attached hydrogens (tertiary/aromatic N) is 1. The van der Waals surface area contributed by atoms with E-state index in [1.54, 1.807) is 24.3 Å². The largest absolute Gasteiger partial charge is 0.480 e. The highest BCUT2D eigenvalue weighted by Gasteiger charge is 2.41. The second-order valence-corrected chi connectivity index (χ2v) is 5.05. The number of carbonyl (C=O) groups is 3. The molecule has 2 atom stereocenters. The first-order valence-electron chi connectivity index (χ1n) is 6.68. The molecule has 0 aromatic heterocycles. The molecule has 0 bridgehead atoms. The van der Waals surface area contributed by atoms with E-state index in [1.807, 2.05) is 0 Å². The maximum atomic E-state index is 11.5. The second kappa shape index (κ2) is 5.95. The summed E-state index contributed by atoms with van der Waals surface area (Å²) in [4.78, 5) is 35.2. The van der Waals surface area contributed by atoms with Gasteiger partial charge >= 0.3 is 11.9 Å². The Kier molecular flexibility index (Phi) is 4.26. The molecule has 1 aromatic carbocycles. The van der Waals surface area contributed by atoms with Gasteiger partial charge in [0.05, 0.1) is 0 Å². The summed E-state index contributed by atoms with van der Waals surface area (Å²) in [6.07, 6.45) is 0.601. The van der Waals surface area contributed by atoms with Crippen LogP contribution < -0.4 is 4.74 Å². The van der Waals surface area contributed by atoms with Crippen molar-refractivity contribution in [1.82, 2.24) is 4.90 Å². The number of carboxylic acids is 1. The fourth-order valence-electron chi connectivity index (χ4n) is 2.75. The Morgan fingerprint density at radius 1 is 1.19 bits per heavy atom. The van der Waals surface area contributed by atoms with Gasteiger partial charge < -0.3 is 14.7 Å². The Morgan fingerprint density at radius 3 is 2.29 bits per heavy atom. The highest BCUT2D eigenvalue weighted by Crippen LogP contribution is 2.34. The molecule has 1 aliphatic rings. The molecule has 0 spiro atoms. The number of carbonyl (C=O) groups excluding carboxylic acids is 2. The van der Waals surface area contributed by atoms with Crippen molar-refractivity contribution < 1.29 is 24.2 Å². The Bertz CT molecular complexity index is 566. The Morgan fingerprint density at radius 2 is 1.81 bits per heavy atom. The third-order valence-electron chi connectivity index (χ3n) is 3.63. The number of benzene rings is 1. The lowest BCUT2D eigenvalue weighted by Gasteiger charge is -2.23. The molecule has 0 aliphatic carbocycles. The van der Waals surface area contributed by atoms with Gasteiger partial charge in [-0.1, -0.05) is 12.1 Å². The Labute approximate surface area is 122 Å². The van der Waals surface area contributed by atoms with E-state index in [-0.39, 0.29) is 11.8 Å². The average molecular weight is 291 g/mol. The van der Waals surface area contributed by atoms with Gasteiger partial charge in [0.2, 0.25) is 5.91 Å². The number of ether oxygens (including phenoxy) is 1. The minimum Gasteiger partial charge on any atom is -0.480 e. The quantitative estimate of drug-likeness (QED) is 0.672. The van der Waals surface area contributed by atoms with Gasteiger partial charge in [-0.3, -0.25) is 9.59 Å². The highest BCUT2D eigenvalue weighted by atomic mass is 16.5. The van der Waals surface area contributed by atoms with Crippen LogP contribution in [-0.4, -0.2) is 40.4 Å². The number of likely N-dealkylation sites (tertiary alicyclic amines) is 1. The van der Waals surface area contributed by atoms with Crippen LogP contribution in [0, 0.1) is 0 Å². The van der Waals surface area contributed by atoms with Crippen molar-refractivity contribution in [2.75, 3.05) is 6.54 Å². The van der Waals surface area contributed by atoms with Crippen LogP contribution in [0.4, 0.5) is 0 Å². The number of carboxylic acid groups (broad SMARTS) is 1. The third kappa shape index (κ3) is 3.21. The summed E-state index contributed by atoms with van der Waals surface area (Å²) in [6.45, 7) is 3.13. The molecule has 1 N–H and O–H groups in total. The molecule has 0 radical (unpaired) electrons. The number of hydrogen-bond donors (Lipinski definition) is 1. The molecule has 1 amide bonds. The number of esters is 1. The van der Waals surface area contributed by atoms with E-state index in [4.69, 9.17) is 4.74 Å². The lowest BCUT2D eigenvalue weighted by Crippen LogP contribution is -2.41. The van der Waals surface area contributed by atoms with Gasteiger partial charge in [0.1, 0.15) is 11.8 Å². The van der Waals surface area contributed by atoms with Gasteiger partial charge in [0.25, 0.3) is 0 Å². The van der Waals surface area contributed by atoms with Crippen LogP contribution in [0.25, 0.3) is 0 Å². The molecule has 1 fully saturated rings. The van der Waals surface area contributed by atoms with Crippen LogP contribution in [0.2, 0.25) is 0 Å². The van der Waals surface area contributed by atoms with Crippen LogP contribution in [0.3, 0.4) is 0 Å². The number of rotatable bonds is 3. The molecule has 1 saturated heterocycles. The van der Waals surface area contributed by atoms with Crippen LogP contribution >= 0.6 is 0 Å². The number of aliphatic carboxylic acids is 1. The van der Waals surface area contributed by atoms with Crippen molar-refractivity contribution in [3.8, 4) is 5.75 Å². The van der Waals surface area contributed by atoms with Crippen molar-refractivity contribution in [2.24, 2.45) is 0 Å². The molecule has 1 aromatic rings. The number of amides is 1. The summed E-state index contributed by atoms with van der Waals surface area (Å²) in [5, 5.41) is 9.37. The summed E-state index contributed by atoms with van der Waals surface area (Å²) in [6, 6.07) is 5.89. The summed E-state index contributed by atoms with van der Waals surface area (Å²) in [5.74, 6) is -1.48. The molecule has 1 heterocycles. The van der Waals surface area contributed by atoms with Crippen molar-refractivity contribution in [1.29, 1.82) is 0 Å². The summed E-state index contributed by atoms with van der Waals surface area (Å²) in [5.41, 5.74) is 0.821. The molecule has 2 unspecified atom stereocenters. The number of hydrogen-bond acceptors (Lipinski definition) is 4. The van der Waals surface area contributed by atoms with E-state index < -0.39 is 18.0 Å². The Hall–Kier alpha value is -2.37. The lowest BCUT2D eigenvalue weighted by molar-refractivity contribution is -0.147. The van der Waals surface area contributed by atoms with E-state index in [1.165, 1.54) is 18.7 Å². The van der Waals surface area contributed by atoms with Crippen molar-refractivity contribution in [3.05, 3.63) is 29.8 Å². The van der Waals surface area contributed by atoms with Gasteiger partial charge in [-0.15, -0.1) is 0 Å². The SMILES string of the molecule is CC(=O)Oc1ccc(C2CCN(C(C)=O)C2C(=O)O)cc1. The summed E-state index contributed by atoms with van der Waals surface area (Å²) >= 11 is 0. The zero-order valence-corrected chi connectivity index (χ0v) is 11.9. The van der Waals surface area contributed by atoms with Crippen molar-refractivity contribution in [3.63, 3.8) is 0 Å². The summed E-state index contributed by atoms with van der Waals surface area (Å²) in [7, 11) is 0. The zero-order chi connectivity index (χ0) is 15.6. The average Bonchev–Trinajstić information content (AvgIpc) is 2.83. The monoisotopic (exact) mass is 291 g/mol. The van der Waals surface area contributed by atoms with E-state index in [0.717, 1.165) is 5.56 Å². The second-order valence-electron chi connectivity index (χ2n) is 5.05. The maximum absolute atomic E-state index is 11.5. The van der Waals surface area contributed by atoms with Gasteiger partial charge in [0.15, 0.2) is 0 Å². The molecule has 112 valence electrons. The predicted molar refractivity (Wildman–Crippen MR) is 73.9 cm³/mol. The van der Waals surface area contributed by atoms with Crippen molar-refractivity contribution in [2.45, 2.75) is 32.2 Å². The maximum Gasteiger partial charge on any atom is 0.327 e. The first-order valence-corrected chi connectivity index (χ1v) is 6.68. The highest BCUT2D eigenvalue weighted by molar-refractivity contribution is 5.84. The molecular formula is C15H17NO5. The molecule has 2 rings (SSSR count). The van der Waals surface area contributed by atoms with E-state index in [2.05, 4.69) is 0 Å². The van der Waals surface area contributed by atoms with Gasteiger partial charge in [0, 0.05) is 26.3 Å². The van der Waals surface area contributed by atoms with Crippen LogP contribution in [0.1, 0.15) is 31.7 Å². The van der Waals surface area contributed by atoms with E-state index >= 15 is 0 Å².